The molecule has 0 atom stereocenters. The molecule has 11 aromatic carbocycles. The minimum atomic E-state index is -5.83. The second-order valence-electron chi connectivity index (χ2n) is 21.3. The molecule has 0 saturated heterocycles. The molecule has 106 heavy (non-hydrogen) atoms. The molecular weight excluding hydrogens is 1380 g/mol. The zero-order valence-corrected chi connectivity index (χ0v) is 54.7. The monoisotopic (exact) mass is 1420 g/mol. The normalized spacial score (nSPS) is 10.3. The van der Waals surface area contributed by atoms with Crippen molar-refractivity contribution in [1.29, 1.82) is 31.6 Å². The van der Waals surface area contributed by atoms with Crippen molar-refractivity contribution < 1.29 is 54.8 Å². The van der Waals surface area contributed by atoms with Gasteiger partial charge in [0.05, 0.1) is 72.8 Å². The van der Waals surface area contributed by atoms with E-state index in [0.29, 0.717) is 81.5 Å². The molecule has 0 saturated carbocycles. The minimum absolute atomic E-state index is 0.0237. The van der Waals surface area contributed by atoms with E-state index < -0.39 is 28.9 Å². The van der Waals surface area contributed by atoms with E-state index in [-0.39, 0.29) is 79.3 Å². The van der Waals surface area contributed by atoms with Crippen LogP contribution in [0.2, 0.25) is 0 Å². The summed E-state index contributed by atoms with van der Waals surface area (Å²) in [5.41, 5.74) is -4.43. The molecule has 0 aliphatic rings. The first-order valence-corrected chi connectivity index (χ1v) is 30.9. The van der Waals surface area contributed by atoms with E-state index in [1.165, 1.54) is 60.7 Å². The molecule has 0 aliphatic carbocycles. The van der Waals surface area contributed by atoms with Crippen LogP contribution in [0.4, 0.5) is 60.5 Å². The van der Waals surface area contributed by atoms with Gasteiger partial charge in [-0.1, -0.05) is 60.3 Å². The SMILES string of the molecule is [C-]#[N+]c1ccc(Oc2ccc(C(c3ccc(Oc4ccc(C#N)c(C#N)c4)cc3)(C(F)(F)F)C(F)(F)F)cc2)cc1[N+]#[C-].[C-]#[N+]c1ccc(Oc2ccc(Sc3ccc(Oc4ccc(C#N)c(C#N)c4)cc3)cc2)cc1[N+]#[C-].[C-]#[N+]c1ccc(Oc2cccc(Oc3ccc(C#N)c(C#N)c3)c2)cc1[N+]#[C-]. The van der Waals surface area contributed by atoms with E-state index >= 15 is 0 Å². The van der Waals surface area contributed by atoms with Gasteiger partial charge in [0.1, 0.15) is 105 Å². The van der Waals surface area contributed by atoms with Gasteiger partial charge in [0.2, 0.25) is 5.41 Å². The van der Waals surface area contributed by atoms with Crippen LogP contribution in [0.5, 0.6) is 69.0 Å². The Bertz CT molecular complexity index is 5380. The van der Waals surface area contributed by atoms with Crippen LogP contribution in [0.1, 0.15) is 44.5 Å². The van der Waals surface area contributed by atoms with Gasteiger partial charge in [-0.05, 0) is 187 Å². The maximum Gasteiger partial charge on any atom is 0.411 e. The number of halogens is 6. The van der Waals surface area contributed by atoms with E-state index in [1.54, 1.807) is 90.6 Å². The van der Waals surface area contributed by atoms with Crippen LogP contribution in [0.15, 0.2) is 240 Å². The summed E-state index contributed by atoms with van der Waals surface area (Å²) in [5.74, 6) is 3.95. The molecule has 0 amide bonds. The molecule has 11 aromatic rings. The highest BCUT2D eigenvalue weighted by Crippen LogP contribution is 2.57. The predicted molar refractivity (Wildman–Crippen MR) is 374 cm³/mol. The van der Waals surface area contributed by atoms with Crippen molar-refractivity contribution in [2.75, 3.05) is 0 Å². The number of ether oxygens (including phenoxy) is 6. The highest BCUT2D eigenvalue weighted by atomic mass is 32.2. The number of hydrogen-bond donors (Lipinski definition) is 0. The fraction of sp³-hybridized carbons (Fsp3) is 0.0370. The average molecular weight is 1420 g/mol. The number of rotatable bonds is 16. The van der Waals surface area contributed by atoms with E-state index in [0.717, 1.165) is 34.1 Å². The number of benzene rings is 11. The Morgan fingerprint density at radius 2 is 0.481 bits per heavy atom. The third-order valence-corrected chi connectivity index (χ3v) is 15.8. The summed E-state index contributed by atoms with van der Waals surface area (Å²) in [5, 5.41) is 54.5. The Labute approximate surface area is 605 Å². The van der Waals surface area contributed by atoms with Crippen LogP contribution in [-0.2, 0) is 5.41 Å². The lowest BCUT2D eigenvalue weighted by Crippen LogP contribution is -2.54. The van der Waals surface area contributed by atoms with E-state index in [9.17, 15) is 26.3 Å². The molecule has 0 fully saturated rings. The Kier molecular flexibility index (Phi) is 23.6. The number of nitrogens with zero attached hydrogens (tertiary/aromatic N) is 12. The molecule has 0 aromatic heterocycles. The van der Waals surface area contributed by atoms with Gasteiger partial charge in [-0.2, -0.15) is 57.9 Å². The number of hydrogen-bond acceptors (Lipinski definition) is 13. The molecule has 0 aliphatic heterocycles. The topological polar surface area (TPSA) is 224 Å². The van der Waals surface area contributed by atoms with Gasteiger partial charge >= 0.3 is 12.4 Å². The Hall–Kier alpha value is -16.0. The zero-order valence-electron chi connectivity index (χ0n) is 53.9. The highest BCUT2D eigenvalue weighted by Gasteiger charge is 2.72. The molecular formula is C81H38F6N12O6S. The van der Waals surface area contributed by atoms with Gasteiger partial charge in [0.25, 0.3) is 0 Å². The minimum Gasteiger partial charge on any atom is -0.459 e. The first-order chi connectivity index (χ1) is 51.1. The predicted octanol–water partition coefficient (Wildman–Crippen LogP) is 23.9. The van der Waals surface area contributed by atoms with E-state index in [2.05, 4.69) is 29.1 Å². The van der Waals surface area contributed by atoms with Crippen molar-refractivity contribution in [3.8, 4) is 105 Å². The van der Waals surface area contributed by atoms with Gasteiger partial charge in [-0.25, -0.2) is 14.5 Å². The van der Waals surface area contributed by atoms with Crippen molar-refractivity contribution in [1.82, 2.24) is 0 Å². The standard InChI is InChI=1S/C31H14F6N4O2.C28H14N4O2S.C22H10N4O2/c1-40-27-14-13-26(16-28(27)41-2)43-24-11-6-22(7-12-24)29(30(32,33)34,31(35,36)37)21-4-9-23(10-5-21)42-25-8-3-19(17-38)20(15-25)18-39;1-31-27-14-9-24(16-28(27)32-2)34-22-7-12-26(13-8-22)35-25-10-5-21(6-11-25)33-23-4-3-19(17-29)20(15-23)18-30;1-25-21-9-8-20(12-22(21)26-2)28-18-5-3-4-17(11-18)27-19-7-6-15(13-23)16(10-19)14-24/h3-16H;3-16H;3-12H. The number of alkyl halides is 6. The van der Waals surface area contributed by atoms with Crippen LogP contribution in [0, 0.1) is 107 Å². The molecule has 11 rings (SSSR count). The summed E-state index contributed by atoms with van der Waals surface area (Å²) in [6.45, 7) is 42.7. The van der Waals surface area contributed by atoms with Gasteiger partial charge < -0.3 is 28.4 Å². The largest absolute Gasteiger partial charge is 0.459 e. The smallest absolute Gasteiger partial charge is 0.411 e. The van der Waals surface area contributed by atoms with Gasteiger partial charge in [0.15, 0.2) is 34.1 Å². The lowest BCUT2D eigenvalue weighted by atomic mass is 9.73. The molecule has 18 nitrogen and oxygen atoms in total. The van der Waals surface area contributed by atoms with Crippen LogP contribution < -0.4 is 28.4 Å². The van der Waals surface area contributed by atoms with Crippen LogP contribution in [0.25, 0.3) is 29.1 Å². The summed E-state index contributed by atoms with van der Waals surface area (Å²) in [6, 6.07) is 66.4. The Morgan fingerprint density at radius 3 is 0.736 bits per heavy atom. The van der Waals surface area contributed by atoms with Crippen LogP contribution in [-0.4, -0.2) is 12.4 Å². The van der Waals surface area contributed by atoms with Gasteiger partial charge in [-0.3, -0.25) is 14.5 Å². The second kappa shape index (κ2) is 33.7. The number of nitriles is 6. The molecule has 0 bridgehead atoms. The lowest BCUT2D eigenvalue weighted by Gasteiger charge is -2.38. The third kappa shape index (κ3) is 17.7. The summed E-state index contributed by atoms with van der Waals surface area (Å²) in [6.07, 6.45) is -11.7. The molecule has 0 spiro atoms. The first kappa shape index (κ1) is 74.3. The van der Waals surface area contributed by atoms with Crippen molar-refractivity contribution in [2.24, 2.45) is 0 Å². The summed E-state index contributed by atoms with van der Waals surface area (Å²) in [4.78, 5) is 21.7. The summed E-state index contributed by atoms with van der Waals surface area (Å²) in [7, 11) is 0. The van der Waals surface area contributed by atoms with Gasteiger partial charge in [-0.15, -0.1) is 0 Å². The van der Waals surface area contributed by atoms with Gasteiger partial charge in [0, 0.05) is 15.9 Å². The first-order valence-electron chi connectivity index (χ1n) is 30.1. The van der Waals surface area contributed by atoms with Crippen LogP contribution >= 0.6 is 11.8 Å². The van der Waals surface area contributed by atoms with Crippen molar-refractivity contribution in [3.63, 3.8) is 0 Å². The molecule has 0 unspecified atom stereocenters. The Morgan fingerprint density at radius 1 is 0.255 bits per heavy atom. The molecule has 0 N–H and O–H groups in total. The van der Waals surface area contributed by atoms with Crippen molar-refractivity contribution >= 4 is 45.9 Å². The maximum atomic E-state index is 14.6. The Balaban J connectivity index is 0.000000188. The summed E-state index contributed by atoms with van der Waals surface area (Å²) >= 11 is 1.58. The average Bonchev–Trinajstić information content (AvgIpc) is 0.716. The fourth-order valence-corrected chi connectivity index (χ4v) is 10.6. The fourth-order valence-electron chi connectivity index (χ4n) is 9.82. The molecule has 506 valence electrons. The van der Waals surface area contributed by atoms with Crippen LogP contribution in [0.3, 0.4) is 0 Å². The highest BCUT2D eigenvalue weighted by molar-refractivity contribution is 7.99. The second-order valence-corrected chi connectivity index (χ2v) is 22.5. The van der Waals surface area contributed by atoms with E-state index in [1.807, 2.05) is 78.9 Å². The summed E-state index contributed by atoms with van der Waals surface area (Å²) < 4.78 is 121. The zero-order chi connectivity index (χ0) is 76.0. The van der Waals surface area contributed by atoms with Crippen molar-refractivity contribution in [3.05, 3.63) is 344 Å². The molecule has 25 heteroatoms. The molecule has 0 heterocycles. The third-order valence-electron chi connectivity index (χ3n) is 14.8. The molecule has 0 radical (unpaired) electrons. The van der Waals surface area contributed by atoms with Crippen molar-refractivity contribution in [2.45, 2.75) is 27.6 Å². The maximum absolute atomic E-state index is 14.6. The quantitative estimate of drug-likeness (QED) is 0.0649. The lowest BCUT2D eigenvalue weighted by molar-refractivity contribution is -0.288. The van der Waals surface area contributed by atoms with E-state index in [4.69, 9.17) is 99.4 Å².